The van der Waals surface area contributed by atoms with Crippen molar-refractivity contribution in [2.24, 2.45) is 4.99 Å². The molecule has 2 aliphatic rings. The van der Waals surface area contributed by atoms with Gasteiger partial charge in [-0.3, -0.25) is 0 Å². The molecule has 0 radical (unpaired) electrons. The summed E-state index contributed by atoms with van der Waals surface area (Å²) < 4.78 is 14.9. The van der Waals surface area contributed by atoms with Crippen LogP contribution in [0.4, 0.5) is 10.1 Å². The normalized spacial score (nSPS) is 23.9. The molecule has 1 unspecified atom stereocenters. The van der Waals surface area contributed by atoms with E-state index in [1.807, 2.05) is 35.7 Å². The SMILES string of the molecule is CCNC(=NCc1ccc(N2CCC(O)CC2)c(F)c1)NCC1(C)CCCS1. The molecule has 0 spiro atoms. The highest BCUT2D eigenvalue weighted by Gasteiger charge is 2.29. The molecule has 3 rings (SSSR count). The first-order valence-electron chi connectivity index (χ1n) is 10.4. The van der Waals surface area contributed by atoms with Crippen molar-refractivity contribution in [1.82, 2.24) is 10.6 Å². The number of anilines is 1. The Balaban J connectivity index is 1.59. The van der Waals surface area contributed by atoms with Gasteiger partial charge in [0.1, 0.15) is 5.82 Å². The summed E-state index contributed by atoms with van der Waals surface area (Å²) in [6.07, 6.45) is 3.64. The largest absolute Gasteiger partial charge is 0.393 e. The predicted octanol–water partition coefficient (Wildman–Crippen LogP) is 3.13. The molecule has 1 aromatic rings. The van der Waals surface area contributed by atoms with E-state index in [1.54, 1.807) is 6.07 Å². The highest BCUT2D eigenvalue weighted by atomic mass is 32.2. The molecule has 156 valence electrons. The van der Waals surface area contributed by atoms with E-state index in [1.165, 1.54) is 18.6 Å². The van der Waals surface area contributed by atoms with Crippen molar-refractivity contribution in [3.05, 3.63) is 29.6 Å². The number of hydrogen-bond donors (Lipinski definition) is 3. The molecule has 0 aliphatic carbocycles. The lowest BCUT2D eigenvalue weighted by Crippen LogP contribution is -2.43. The van der Waals surface area contributed by atoms with Crippen LogP contribution in [0.2, 0.25) is 0 Å². The standard InChI is InChI=1S/C21H33FN4OS/c1-3-23-20(25-15-21(2)9-4-12-28-21)24-14-16-5-6-19(18(22)13-16)26-10-7-17(27)8-11-26/h5-6,13,17,27H,3-4,7-12,14-15H2,1-2H3,(H2,23,24,25). The van der Waals surface area contributed by atoms with Gasteiger partial charge in [-0.15, -0.1) is 0 Å². The molecule has 0 saturated carbocycles. The first-order valence-corrected chi connectivity index (χ1v) is 11.4. The van der Waals surface area contributed by atoms with Crippen LogP contribution in [0.3, 0.4) is 0 Å². The molecule has 0 amide bonds. The Kier molecular flexibility index (Phi) is 7.46. The van der Waals surface area contributed by atoms with E-state index in [0.717, 1.165) is 24.6 Å². The molecule has 0 aromatic heterocycles. The van der Waals surface area contributed by atoms with E-state index < -0.39 is 0 Å². The van der Waals surface area contributed by atoms with Crippen LogP contribution in [-0.2, 0) is 6.54 Å². The molecule has 2 saturated heterocycles. The lowest BCUT2D eigenvalue weighted by atomic mass is 10.1. The highest BCUT2D eigenvalue weighted by Crippen LogP contribution is 2.36. The quantitative estimate of drug-likeness (QED) is 0.499. The monoisotopic (exact) mass is 408 g/mol. The fourth-order valence-corrected chi connectivity index (χ4v) is 5.02. The molecule has 5 nitrogen and oxygen atoms in total. The van der Waals surface area contributed by atoms with Gasteiger partial charge in [0.05, 0.1) is 18.3 Å². The molecule has 28 heavy (non-hydrogen) atoms. The first-order chi connectivity index (χ1) is 13.5. The Morgan fingerprint density at radius 3 is 2.79 bits per heavy atom. The van der Waals surface area contributed by atoms with Gasteiger partial charge in [-0.1, -0.05) is 6.07 Å². The number of nitrogens with one attached hydrogen (secondary N) is 2. The maximum atomic E-state index is 14.6. The summed E-state index contributed by atoms with van der Waals surface area (Å²) in [4.78, 5) is 6.66. The van der Waals surface area contributed by atoms with Gasteiger partial charge in [0.15, 0.2) is 5.96 Å². The minimum atomic E-state index is -0.255. The lowest BCUT2D eigenvalue weighted by Gasteiger charge is -2.31. The summed E-state index contributed by atoms with van der Waals surface area (Å²) in [7, 11) is 0. The van der Waals surface area contributed by atoms with Crippen LogP contribution >= 0.6 is 11.8 Å². The number of aliphatic imine (C=N–C) groups is 1. The zero-order valence-corrected chi connectivity index (χ0v) is 17.8. The molecule has 1 atom stereocenters. The van der Waals surface area contributed by atoms with Crippen molar-refractivity contribution in [3.8, 4) is 0 Å². The summed E-state index contributed by atoms with van der Waals surface area (Å²) >= 11 is 2.02. The molecule has 2 heterocycles. The number of guanidine groups is 1. The highest BCUT2D eigenvalue weighted by molar-refractivity contribution is 8.00. The van der Waals surface area contributed by atoms with Crippen molar-refractivity contribution < 1.29 is 9.50 Å². The molecular formula is C21H33FN4OS. The zero-order chi connectivity index (χ0) is 20.0. The fourth-order valence-electron chi connectivity index (χ4n) is 3.77. The number of hydrogen-bond acceptors (Lipinski definition) is 4. The van der Waals surface area contributed by atoms with Gasteiger partial charge in [-0.25, -0.2) is 9.38 Å². The Morgan fingerprint density at radius 2 is 2.14 bits per heavy atom. The molecule has 2 fully saturated rings. The number of piperidine rings is 1. The number of aliphatic hydroxyl groups is 1. The van der Waals surface area contributed by atoms with Crippen molar-refractivity contribution in [3.63, 3.8) is 0 Å². The van der Waals surface area contributed by atoms with Crippen LogP contribution in [0.5, 0.6) is 0 Å². The second kappa shape index (κ2) is 9.83. The summed E-state index contributed by atoms with van der Waals surface area (Å²) in [5, 5.41) is 16.4. The van der Waals surface area contributed by atoms with Crippen molar-refractivity contribution in [2.75, 3.05) is 36.8 Å². The van der Waals surface area contributed by atoms with Crippen molar-refractivity contribution in [1.29, 1.82) is 0 Å². The van der Waals surface area contributed by atoms with E-state index >= 15 is 0 Å². The molecule has 3 N–H and O–H groups in total. The number of halogens is 1. The number of thioether (sulfide) groups is 1. The predicted molar refractivity (Wildman–Crippen MR) is 117 cm³/mol. The fraction of sp³-hybridized carbons (Fsp3) is 0.667. The van der Waals surface area contributed by atoms with Crippen LogP contribution in [-0.4, -0.2) is 53.8 Å². The Hall–Kier alpha value is -1.47. The minimum absolute atomic E-state index is 0.211. The van der Waals surface area contributed by atoms with Crippen LogP contribution in [0.25, 0.3) is 0 Å². The van der Waals surface area contributed by atoms with Crippen LogP contribution < -0.4 is 15.5 Å². The number of rotatable bonds is 6. The Morgan fingerprint density at radius 1 is 1.36 bits per heavy atom. The van der Waals surface area contributed by atoms with Gasteiger partial charge < -0.3 is 20.6 Å². The van der Waals surface area contributed by atoms with Crippen LogP contribution in [0, 0.1) is 5.82 Å². The van der Waals surface area contributed by atoms with Gasteiger partial charge in [-0.05, 0) is 63.0 Å². The summed E-state index contributed by atoms with van der Waals surface area (Å²) in [6.45, 7) is 7.86. The minimum Gasteiger partial charge on any atom is -0.393 e. The molecule has 7 heteroatoms. The molecular weight excluding hydrogens is 375 g/mol. The summed E-state index contributed by atoms with van der Waals surface area (Å²) in [5.74, 6) is 1.80. The smallest absolute Gasteiger partial charge is 0.191 e. The van der Waals surface area contributed by atoms with E-state index in [-0.39, 0.29) is 16.7 Å². The van der Waals surface area contributed by atoms with Gasteiger partial charge in [-0.2, -0.15) is 11.8 Å². The maximum Gasteiger partial charge on any atom is 0.191 e. The van der Waals surface area contributed by atoms with Crippen LogP contribution in [0.1, 0.15) is 45.1 Å². The lowest BCUT2D eigenvalue weighted by molar-refractivity contribution is 0.145. The van der Waals surface area contributed by atoms with Gasteiger partial charge >= 0.3 is 0 Å². The average molecular weight is 409 g/mol. The van der Waals surface area contributed by atoms with Gasteiger partial charge in [0.2, 0.25) is 0 Å². The molecule has 0 bridgehead atoms. The second-order valence-electron chi connectivity index (χ2n) is 7.95. The molecule has 2 aliphatic heterocycles. The maximum absolute atomic E-state index is 14.6. The first kappa shape index (κ1) is 21.2. The number of nitrogens with zero attached hydrogens (tertiary/aromatic N) is 2. The number of benzene rings is 1. The Bertz CT molecular complexity index is 670. The third-order valence-electron chi connectivity index (χ3n) is 5.51. The summed E-state index contributed by atoms with van der Waals surface area (Å²) in [6, 6.07) is 5.38. The number of aliphatic hydroxyl groups excluding tert-OH is 1. The summed E-state index contributed by atoms with van der Waals surface area (Å²) in [5.41, 5.74) is 1.48. The zero-order valence-electron chi connectivity index (χ0n) is 17.0. The van der Waals surface area contributed by atoms with Crippen LogP contribution in [0.15, 0.2) is 23.2 Å². The van der Waals surface area contributed by atoms with Crippen molar-refractivity contribution in [2.45, 2.75) is 56.9 Å². The van der Waals surface area contributed by atoms with Crippen molar-refractivity contribution >= 4 is 23.4 Å². The average Bonchev–Trinajstić information content (AvgIpc) is 3.12. The second-order valence-corrected chi connectivity index (χ2v) is 9.64. The van der Waals surface area contributed by atoms with E-state index in [2.05, 4.69) is 22.5 Å². The third-order valence-corrected chi connectivity index (χ3v) is 7.05. The Labute approximate surface area is 172 Å². The van der Waals surface area contributed by atoms with Gasteiger partial charge in [0, 0.05) is 30.9 Å². The molecule has 1 aromatic carbocycles. The van der Waals surface area contributed by atoms with E-state index in [0.29, 0.717) is 38.2 Å². The van der Waals surface area contributed by atoms with E-state index in [4.69, 9.17) is 0 Å². The van der Waals surface area contributed by atoms with E-state index in [9.17, 15) is 9.50 Å². The third kappa shape index (κ3) is 5.77. The van der Waals surface area contributed by atoms with Gasteiger partial charge in [0.25, 0.3) is 0 Å². The topological polar surface area (TPSA) is 59.9 Å².